The second-order valence-electron chi connectivity index (χ2n) is 10.8. The van der Waals surface area contributed by atoms with Crippen molar-refractivity contribution in [3.05, 3.63) is 0 Å². The Morgan fingerprint density at radius 3 is 2.35 bits per heavy atom. The van der Waals surface area contributed by atoms with E-state index in [0.717, 1.165) is 6.42 Å². The Balaban J connectivity index is 2.30. The van der Waals surface area contributed by atoms with E-state index in [9.17, 15) is 19.2 Å². The number of esters is 1. The normalized spacial score (nSPS) is 27.5. The number of amides is 3. The third kappa shape index (κ3) is 8.87. The molecule has 0 aromatic heterocycles. The lowest BCUT2D eigenvalue weighted by atomic mass is 9.77. The van der Waals surface area contributed by atoms with Crippen molar-refractivity contribution >= 4 is 45.5 Å². The Hall–Kier alpha value is -1.62. The molecule has 194 valence electrons. The predicted molar refractivity (Wildman–Crippen MR) is 134 cm³/mol. The average molecular weight is 518 g/mol. The molecule has 1 saturated carbocycles. The summed E-state index contributed by atoms with van der Waals surface area (Å²) in [6.07, 6.45) is 1.95. The molecule has 3 N–H and O–H groups in total. The molecule has 1 spiro atoms. The first-order chi connectivity index (χ1) is 15.7. The summed E-state index contributed by atoms with van der Waals surface area (Å²) in [6, 6.07) is -1.32. The molecule has 1 aliphatic heterocycles. The zero-order valence-corrected chi connectivity index (χ0v) is 22.7. The van der Waals surface area contributed by atoms with Crippen molar-refractivity contribution in [2.24, 2.45) is 5.41 Å². The molecular weight excluding hydrogens is 478 g/mol. The van der Waals surface area contributed by atoms with Crippen LogP contribution in [0.3, 0.4) is 0 Å². The van der Waals surface area contributed by atoms with Gasteiger partial charge >= 0.3 is 12.1 Å². The second-order valence-corrected chi connectivity index (χ2v) is 13.4. The van der Waals surface area contributed by atoms with E-state index in [1.165, 1.54) is 21.6 Å². The summed E-state index contributed by atoms with van der Waals surface area (Å²) in [5.74, 6) is 0.0113. The maximum absolute atomic E-state index is 13.7. The fourth-order valence-corrected chi connectivity index (χ4v) is 6.22. The summed E-state index contributed by atoms with van der Waals surface area (Å²) >= 11 is 0. The molecule has 0 aromatic rings. The first-order valence-corrected chi connectivity index (χ1v) is 14.3. The van der Waals surface area contributed by atoms with Gasteiger partial charge in [0.05, 0.1) is 5.41 Å². The Labute approximate surface area is 210 Å². The van der Waals surface area contributed by atoms with Gasteiger partial charge in [-0.25, -0.2) is 9.59 Å². The van der Waals surface area contributed by atoms with Crippen molar-refractivity contribution in [3.8, 4) is 0 Å². The topological polar surface area (TPSA) is 123 Å². The van der Waals surface area contributed by atoms with Crippen molar-refractivity contribution in [1.82, 2.24) is 16.0 Å². The van der Waals surface area contributed by atoms with Gasteiger partial charge < -0.3 is 25.4 Å². The average Bonchev–Trinajstić information content (AvgIpc) is 3.06. The predicted octanol–water partition coefficient (Wildman–Crippen LogP) is 3.17. The molecule has 11 heteroatoms. The van der Waals surface area contributed by atoms with Crippen LogP contribution in [-0.4, -0.2) is 65.2 Å². The fraction of sp³-hybridized carbons (Fsp3) is 0.826. The summed E-state index contributed by atoms with van der Waals surface area (Å²) in [4.78, 5) is 51.4. The summed E-state index contributed by atoms with van der Waals surface area (Å²) < 4.78 is 11.0. The lowest BCUT2D eigenvalue weighted by Crippen LogP contribution is -2.57. The van der Waals surface area contributed by atoms with Crippen LogP contribution in [0.5, 0.6) is 0 Å². The van der Waals surface area contributed by atoms with E-state index in [1.54, 1.807) is 41.5 Å². The van der Waals surface area contributed by atoms with Crippen LogP contribution in [0.4, 0.5) is 4.79 Å². The fourth-order valence-electron chi connectivity index (χ4n) is 4.08. The zero-order valence-electron chi connectivity index (χ0n) is 21.1. The van der Waals surface area contributed by atoms with E-state index in [2.05, 4.69) is 16.0 Å². The van der Waals surface area contributed by atoms with E-state index < -0.39 is 40.8 Å². The quantitative estimate of drug-likeness (QED) is 0.377. The molecule has 3 amide bonds. The minimum Gasteiger partial charge on any atom is -0.458 e. The summed E-state index contributed by atoms with van der Waals surface area (Å²) in [5.41, 5.74) is -2.34. The van der Waals surface area contributed by atoms with Gasteiger partial charge in [0.25, 0.3) is 0 Å². The third-order valence-electron chi connectivity index (χ3n) is 5.55. The van der Waals surface area contributed by atoms with Crippen molar-refractivity contribution in [2.75, 3.05) is 18.1 Å². The van der Waals surface area contributed by atoms with Crippen molar-refractivity contribution in [3.63, 3.8) is 0 Å². The summed E-state index contributed by atoms with van der Waals surface area (Å²) in [5, 5.41) is 8.70. The molecule has 0 aromatic carbocycles. The van der Waals surface area contributed by atoms with Crippen LogP contribution >= 0.6 is 21.6 Å². The molecule has 1 heterocycles. The monoisotopic (exact) mass is 517 g/mol. The lowest BCUT2D eigenvalue weighted by Gasteiger charge is -2.36. The lowest BCUT2D eigenvalue weighted by molar-refractivity contribution is -0.158. The Morgan fingerprint density at radius 2 is 1.71 bits per heavy atom. The molecule has 2 rings (SSSR count). The molecule has 9 nitrogen and oxygen atoms in total. The van der Waals surface area contributed by atoms with Crippen LogP contribution in [0, 0.1) is 5.41 Å². The van der Waals surface area contributed by atoms with Crippen LogP contribution in [0.2, 0.25) is 0 Å². The minimum absolute atomic E-state index is 0.0822. The number of hydrogen-bond acceptors (Lipinski definition) is 8. The molecule has 2 aliphatic rings. The molecular formula is C23H39N3O6S2. The van der Waals surface area contributed by atoms with Gasteiger partial charge in [0.15, 0.2) is 0 Å². The number of carbonyl (C=O) groups is 4. The van der Waals surface area contributed by atoms with Gasteiger partial charge in [0.2, 0.25) is 11.8 Å². The smallest absolute Gasteiger partial charge is 0.407 e. The highest BCUT2D eigenvalue weighted by Crippen LogP contribution is 2.42. The maximum Gasteiger partial charge on any atom is 0.407 e. The van der Waals surface area contributed by atoms with Gasteiger partial charge in [-0.1, -0.05) is 28.0 Å². The first-order valence-electron chi connectivity index (χ1n) is 11.8. The van der Waals surface area contributed by atoms with Crippen molar-refractivity contribution in [1.29, 1.82) is 0 Å². The second kappa shape index (κ2) is 11.9. The molecule has 0 bridgehead atoms. The Bertz CT molecular complexity index is 765. The molecule has 1 aliphatic carbocycles. The SMILES string of the molecule is CC(C)(C)OC(=O)NC1CCCC12CCNC(=O)CCSSCC(C(=O)OC(C)(C)C)NC2=O. The molecule has 2 fully saturated rings. The molecule has 1 saturated heterocycles. The van der Waals surface area contributed by atoms with Gasteiger partial charge in [-0.3, -0.25) is 9.59 Å². The van der Waals surface area contributed by atoms with Gasteiger partial charge in [0, 0.05) is 30.5 Å². The summed E-state index contributed by atoms with van der Waals surface area (Å²) in [7, 11) is 2.90. The molecule has 0 radical (unpaired) electrons. The number of rotatable bonds is 2. The van der Waals surface area contributed by atoms with Crippen LogP contribution in [-0.2, 0) is 23.9 Å². The van der Waals surface area contributed by atoms with Crippen LogP contribution in [0.1, 0.15) is 73.6 Å². The van der Waals surface area contributed by atoms with E-state index >= 15 is 0 Å². The van der Waals surface area contributed by atoms with Crippen LogP contribution < -0.4 is 16.0 Å². The number of ether oxygens (including phenoxy) is 2. The van der Waals surface area contributed by atoms with E-state index in [-0.39, 0.29) is 11.8 Å². The van der Waals surface area contributed by atoms with Crippen LogP contribution in [0.15, 0.2) is 0 Å². The first kappa shape index (κ1) is 28.6. The number of carbonyl (C=O) groups excluding carboxylic acids is 4. The van der Waals surface area contributed by atoms with Gasteiger partial charge in [-0.05, 0) is 60.8 Å². The molecule has 3 atom stereocenters. The van der Waals surface area contributed by atoms with Crippen LogP contribution in [0.25, 0.3) is 0 Å². The van der Waals surface area contributed by atoms with Gasteiger partial charge in [0.1, 0.15) is 17.2 Å². The van der Waals surface area contributed by atoms with E-state index in [4.69, 9.17) is 9.47 Å². The zero-order chi connectivity index (χ0) is 25.6. The van der Waals surface area contributed by atoms with E-state index in [0.29, 0.717) is 43.7 Å². The minimum atomic E-state index is -0.976. The number of hydrogen-bond donors (Lipinski definition) is 3. The number of alkyl carbamates (subject to hydrolysis) is 1. The third-order valence-corrected chi connectivity index (χ3v) is 7.96. The standard InChI is InChI=1S/C23H39N3O6S2/c1-21(2,3)31-18(28)15-14-34-33-13-9-17(27)24-12-11-23(19(29)25-15)10-7-8-16(23)26-20(30)32-22(4,5)6/h15-16H,7-14H2,1-6H3,(H,24,27)(H,25,29)(H,26,30). The summed E-state index contributed by atoms with van der Waals surface area (Å²) in [6.45, 7) is 11.0. The highest BCUT2D eigenvalue weighted by atomic mass is 33.1. The Morgan fingerprint density at radius 1 is 1.03 bits per heavy atom. The van der Waals surface area contributed by atoms with Gasteiger partial charge in [-0.15, -0.1) is 0 Å². The van der Waals surface area contributed by atoms with E-state index in [1.807, 2.05) is 0 Å². The highest BCUT2D eigenvalue weighted by molar-refractivity contribution is 8.76. The molecule has 3 unspecified atom stereocenters. The maximum atomic E-state index is 13.7. The van der Waals surface area contributed by atoms with Crippen molar-refractivity contribution < 1.29 is 28.7 Å². The van der Waals surface area contributed by atoms with Crippen molar-refractivity contribution in [2.45, 2.75) is 96.9 Å². The van der Waals surface area contributed by atoms with Gasteiger partial charge in [-0.2, -0.15) is 0 Å². The Kier molecular flexibility index (Phi) is 10.00. The highest BCUT2D eigenvalue weighted by Gasteiger charge is 2.50. The largest absolute Gasteiger partial charge is 0.458 e. The number of nitrogens with one attached hydrogen (secondary N) is 3. The molecule has 34 heavy (non-hydrogen) atoms.